The van der Waals surface area contributed by atoms with Crippen molar-refractivity contribution in [1.82, 2.24) is 0 Å². The van der Waals surface area contributed by atoms with Crippen LogP contribution in [0.1, 0.15) is 24.2 Å². The molecular weight excluding hydrogens is 325 g/mol. The highest BCUT2D eigenvalue weighted by atomic mass is 19.1. The van der Waals surface area contributed by atoms with Crippen LogP contribution in [-0.2, 0) is 9.59 Å². The molecule has 2 amide bonds. The van der Waals surface area contributed by atoms with E-state index in [9.17, 15) is 18.8 Å². The van der Waals surface area contributed by atoms with Crippen LogP contribution in [0.2, 0.25) is 0 Å². The third-order valence-corrected chi connectivity index (χ3v) is 3.28. The second kappa shape index (κ2) is 8.05. The average molecular weight is 343 g/mol. The normalized spacial score (nSPS) is 10.0. The van der Waals surface area contributed by atoms with E-state index in [0.717, 1.165) is 0 Å². The lowest BCUT2D eigenvalue weighted by Gasteiger charge is -2.10. The van der Waals surface area contributed by atoms with Crippen molar-refractivity contribution in [3.8, 4) is 0 Å². The number of halogens is 1. The van der Waals surface area contributed by atoms with E-state index in [2.05, 4.69) is 16.0 Å². The Labute approximate surface area is 144 Å². The lowest BCUT2D eigenvalue weighted by molar-refractivity contribution is -0.115. The van der Waals surface area contributed by atoms with Gasteiger partial charge in [0.1, 0.15) is 5.82 Å². The van der Waals surface area contributed by atoms with E-state index in [1.807, 2.05) is 0 Å². The van der Waals surface area contributed by atoms with Crippen LogP contribution < -0.4 is 16.0 Å². The van der Waals surface area contributed by atoms with E-state index in [4.69, 9.17) is 0 Å². The summed E-state index contributed by atoms with van der Waals surface area (Å²) in [6.45, 7) is 2.67. The van der Waals surface area contributed by atoms with Crippen LogP contribution in [0.25, 0.3) is 0 Å². The summed E-state index contributed by atoms with van der Waals surface area (Å²) >= 11 is 0. The summed E-state index contributed by atoms with van der Waals surface area (Å²) in [4.78, 5) is 34.4. The lowest BCUT2D eigenvalue weighted by Crippen LogP contribution is -2.22. The fraction of sp³-hybridized carbons (Fsp3) is 0.167. The molecule has 0 heterocycles. The van der Waals surface area contributed by atoms with Crippen molar-refractivity contribution >= 4 is 34.7 Å². The van der Waals surface area contributed by atoms with Crippen molar-refractivity contribution in [1.29, 1.82) is 0 Å². The molecule has 0 aromatic heterocycles. The molecule has 2 rings (SSSR count). The predicted octanol–water partition coefficient (Wildman–Crippen LogP) is 3.04. The van der Waals surface area contributed by atoms with Gasteiger partial charge in [-0.25, -0.2) is 4.39 Å². The first kappa shape index (κ1) is 18.1. The summed E-state index contributed by atoms with van der Waals surface area (Å²) in [6.07, 6.45) is 0. The predicted molar refractivity (Wildman–Crippen MR) is 94.3 cm³/mol. The molecule has 0 saturated carbocycles. The van der Waals surface area contributed by atoms with Crippen LogP contribution in [-0.4, -0.2) is 24.1 Å². The van der Waals surface area contributed by atoms with E-state index in [-0.39, 0.29) is 29.8 Å². The maximum absolute atomic E-state index is 13.6. The molecule has 2 aromatic carbocycles. The van der Waals surface area contributed by atoms with Crippen LogP contribution >= 0.6 is 0 Å². The minimum Gasteiger partial charge on any atom is -0.376 e. The van der Waals surface area contributed by atoms with Gasteiger partial charge in [-0.05, 0) is 37.3 Å². The van der Waals surface area contributed by atoms with Gasteiger partial charge in [0, 0.05) is 23.9 Å². The fourth-order valence-corrected chi connectivity index (χ4v) is 2.12. The number of hydrogen-bond donors (Lipinski definition) is 3. The number of benzene rings is 2. The Kier molecular flexibility index (Phi) is 5.84. The van der Waals surface area contributed by atoms with E-state index in [1.54, 1.807) is 24.3 Å². The Balaban J connectivity index is 1.97. The molecule has 7 heteroatoms. The maximum Gasteiger partial charge on any atom is 0.243 e. The number of amides is 2. The fourth-order valence-electron chi connectivity index (χ4n) is 2.12. The van der Waals surface area contributed by atoms with Crippen molar-refractivity contribution in [2.75, 3.05) is 22.5 Å². The van der Waals surface area contributed by atoms with E-state index >= 15 is 0 Å². The van der Waals surface area contributed by atoms with Gasteiger partial charge in [-0.15, -0.1) is 0 Å². The van der Waals surface area contributed by atoms with Gasteiger partial charge in [0.15, 0.2) is 5.78 Å². The molecule has 0 spiro atoms. The third-order valence-electron chi connectivity index (χ3n) is 3.28. The van der Waals surface area contributed by atoms with Crippen LogP contribution in [0.15, 0.2) is 42.5 Å². The standard InChI is InChI=1S/C18H18FN3O3/c1-11(23)13-4-3-5-15(8-13)22-18(25)10-20-14-6-7-16(19)17(9-14)21-12(2)24/h3-9,20H,10H2,1-2H3,(H,21,24)(H,22,25). The van der Waals surface area contributed by atoms with Gasteiger partial charge in [-0.2, -0.15) is 0 Å². The number of anilines is 3. The molecule has 0 saturated heterocycles. The van der Waals surface area contributed by atoms with E-state index in [1.165, 1.54) is 32.0 Å². The second-order valence-corrected chi connectivity index (χ2v) is 5.41. The highest BCUT2D eigenvalue weighted by Gasteiger charge is 2.08. The first-order chi connectivity index (χ1) is 11.8. The SMILES string of the molecule is CC(=O)Nc1cc(NCC(=O)Nc2cccc(C(C)=O)c2)ccc1F. The summed E-state index contributed by atoms with van der Waals surface area (Å²) in [5, 5.41) is 7.89. The smallest absolute Gasteiger partial charge is 0.243 e. The number of nitrogens with one attached hydrogen (secondary N) is 3. The molecule has 2 aromatic rings. The van der Waals surface area contributed by atoms with Crippen molar-refractivity contribution in [2.45, 2.75) is 13.8 Å². The molecular formula is C18H18FN3O3. The summed E-state index contributed by atoms with van der Waals surface area (Å²) in [7, 11) is 0. The summed E-state index contributed by atoms with van der Waals surface area (Å²) in [5.41, 5.74) is 1.53. The van der Waals surface area contributed by atoms with E-state index < -0.39 is 5.82 Å². The zero-order valence-electron chi connectivity index (χ0n) is 13.9. The van der Waals surface area contributed by atoms with Gasteiger partial charge in [0.25, 0.3) is 0 Å². The second-order valence-electron chi connectivity index (χ2n) is 5.41. The molecule has 0 aliphatic carbocycles. The summed E-state index contributed by atoms with van der Waals surface area (Å²) in [6, 6.07) is 10.7. The molecule has 0 bridgehead atoms. The Morgan fingerprint density at radius 2 is 1.72 bits per heavy atom. The number of rotatable bonds is 6. The van der Waals surface area contributed by atoms with Crippen LogP contribution in [0.5, 0.6) is 0 Å². The molecule has 130 valence electrons. The monoisotopic (exact) mass is 343 g/mol. The van der Waals surface area contributed by atoms with Crippen LogP contribution in [0.4, 0.5) is 21.5 Å². The van der Waals surface area contributed by atoms with E-state index in [0.29, 0.717) is 16.9 Å². The van der Waals surface area contributed by atoms with Crippen LogP contribution in [0.3, 0.4) is 0 Å². The highest BCUT2D eigenvalue weighted by molar-refractivity contribution is 5.98. The lowest BCUT2D eigenvalue weighted by atomic mass is 10.1. The van der Waals surface area contributed by atoms with Gasteiger partial charge >= 0.3 is 0 Å². The minimum absolute atomic E-state index is 0.0343. The molecule has 0 fully saturated rings. The highest BCUT2D eigenvalue weighted by Crippen LogP contribution is 2.19. The Morgan fingerprint density at radius 1 is 0.960 bits per heavy atom. The topological polar surface area (TPSA) is 87.3 Å². The van der Waals surface area contributed by atoms with Crippen molar-refractivity contribution < 1.29 is 18.8 Å². The van der Waals surface area contributed by atoms with Gasteiger partial charge in [0.05, 0.1) is 12.2 Å². The largest absolute Gasteiger partial charge is 0.376 e. The quantitative estimate of drug-likeness (QED) is 0.704. The van der Waals surface area contributed by atoms with Crippen molar-refractivity contribution in [3.05, 3.63) is 53.8 Å². The van der Waals surface area contributed by atoms with Gasteiger partial charge in [-0.3, -0.25) is 14.4 Å². The molecule has 0 unspecified atom stereocenters. The number of carbonyl (C=O) groups is 3. The Bertz CT molecular complexity index is 821. The molecule has 6 nitrogen and oxygen atoms in total. The van der Waals surface area contributed by atoms with Crippen molar-refractivity contribution in [3.63, 3.8) is 0 Å². The average Bonchev–Trinajstić information content (AvgIpc) is 2.55. The Hall–Kier alpha value is -3.22. The zero-order valence-corrected chi connectivity index (χ0v) is 13.9. The summed E-state index contributed by atoms with van der Waals surface area (Å²) < 4.78 is 13.6. The molecule has 0 radical (unpaired) electrons. The number of carbonyl (C=O) groups excluding carboxylic acids is 3. The maximum atomic E-state index is 13.6. The molecule has 25 heavy (non-hydrogen) atoms. The van der Waals surface area contributed by atoms with Gasteiger partial charge in [0.2, 0.25) is 11.8 Å². The molecule has 3 N–H and O–H groups in total. The minimum atomic E-state index is -0.564. The molecule has 0 aliphatic rings. The Morgan fingerprint density at radius 3 is 2.40 bits per heavy atom. The summed E-state index contributed by atoms with van der Waals surface area (Å²) in [5.74, 6) is -1.37. The number of hydrogen-bond acceptors (Lipinski definition) is 4. The first-order valence-electron chi connectivity index (χ1n) is 7.57. The molecule has 0 atom stereocenters. The zero-order chi connectivity index (χ0) is 18.4. The third kappa shape index (κ3) is 5.42. The number of Topliss-reactive ketones (excluding diaryl/α,β-unsaturated/α-hetero) is 1. The van der Waals surface area contributed by atoms with Crippen LogP contribution in [0, 0.1) is 5.82 Å². The first-order valence-corrected chi connectivity index (χ1v) is 7.57. The van der Waals surface area contributed by atoms with Gasteiger partial charge in [-0.1, -0.05) is 12.1 Å². The van der Waals surface area contributed by atoms with Gasteiger partial charge < -0.3 is 16.0 Å². The number of ketones is 1. The van der Waals surface area contributed by atoms with Crippen molar-refractivity contribution in [2.24, 2.45) is 0 Å². The molecule has 0 aliphatic heterocycles.